The van der Waals surface area contributed by atoms with Crippen molar-refractivity contribution < 1.29 is 41.4 Å². The molecule has 2 amide bonds. The Morgan fingerprint density at radius 3 is 2.43 bits per heavy atom. The van der Waals surface area contributed by atoms with Gasteiger partial charge in [-0.2, -0.15) is 0 Å². The highest BCUT2D eigenvalue weighted by Gasteiger charge is 2.36. The second-order valence-corrected chi connectivity index (χ2v) is 14.2. The number of carbonyl (C=O) groups excluding carboxylic acids is 2. The zero-order valence-corrected chi connectivity index (χ0v) is 29.2. The Kier molecular flexibility index (Phi) is 14.5. The third-order valence-corrected chi connectivity index (χ3v) is 10.1. The molecular formula is C34H39ClF2N6O7S. The lowest BCUT2D eigenvalue weighted by atomic mass is 9.76. The van der Waals surface area contributed by atoms with Crippen molar-refractivity contribution in [1.29, 1.82) is 0 Å². The largest absolute Gasteiger partial charge is 0.448 e. The number of amides is 2. The number of hydrogen-bond acceptors (Lipinski definition) is 8. The van der Waals surface area contributed by atoms with Crippen molar-refractivity contribution in [3.63, 3.8) is 0 Å². The van der Waals surface area contributed by atoms with Gasteiger partial charge in [-0.3, -0.25) is 4.79 Å². The Morgan fingerprint density at radius 2 is 1.78 bits per heavy atom. The van der Waals surface area contributed by atoms with Crippen LogP contribution in [0.2, 0.25) is 5.02 Å². The normalized spacial score (nSPS) is 15.9. The summed E-state index contributed by atoms with van der Waals surface area (Å²) in [7, 11) is -4.26. The smallest absolute Gasteiger partial charge is 0.407 e. The number of benzene rings is 3. The van der Waals surface area contributed by atoms with Crippen LogP contribution in [0.1, 0.15) is 43.2 Å². The molecule has 3 aromatic rings. The van der Waals surface area contributed by atoms with E-state index in [2.05, 4.69) is 25.4 Å². The van der Waals surface area contributed by atoms with E-state index in [9.17, 15) is 33.0 Å². The first-order valence-corrected chi connectivity index (χ1v) is 18.1. The molecule has 3 aromatic carbocycles. The molecule has 17 heteroatoms. The quantitative estimate of drug-likeness (QED) is 0.0804. The number of nitrogens with one attached hydrogen (secondary N) is 3. The highest BCUT2D eigenvalue weighted by Crippen LogP contribution is 2.37. The Morgan fingerprint density at radius 1 is 1.10 bits per heavy atom. The van der Waals surface area contributed by atoms with Crippen molar-refractivity contribution in [2.24, 2.45) is 11.0 Å². The van der Waals surface area contributed by atoms with Gasteiger partial charge in [0.15, 0.2) is 0 Å². The molecule has 0 bridgehead atoms. The maximum atomic E-state index is 15.4. The Labute approximate surface area is 299 Å². The number of nitrogens with zero attached hydrogens (tertiary/aromatic N) is 3. The number of hydrogen-bond donors (Lipinski definition) is 4. The number of halogens is 3. The minimum atomic E-state index is -4.26. The van der Waals surface area contributed by atoms with E-state index in [0.29, 0.717) is 31.1 Å². The predicted octanol–water partition coefficient (Wildman–Crippen LogP) is 5.83. The first-order chi connectivity index (χ1) is 24.4. The summed E-state index contributed by atoms with van der Waals surface area (Å²) >= 11 is 6.12. The summed E-state index contributed by atoms with van der Waals surface area (Å²) in [5.74, 6) is -2.67. The molecule has 0 radical (unpaired) electrons. The van der Waals surface area contributed by atoms with E-state index in [1.54, 1.807) is 24.3 Å². The van der Waals surface area contributed by atoms with E-state index >= 15 is 4.39 Å². The highest BCUT2D eigenvalue weighted by molar-refractivity contribution is 7.89. The fourth-order valence-electron chi connectivity index (χ4n) is 5.81. The van der Waals surface area contributed by atoms with E-state index in [0.717, 1.165) is 29.8 Å². The molecule has 4 N–H and O–H groups in total. The first-order valence-electron chi connectivity index (χ1n) is 16.2. The number of anilines is 1. The summed E-state index contributed by atoms with van der Waals surface area (Å²) in [6.45, 7) is 1.77. The highest BCUT2D eigenvalue weighted by atomic mass is 35.5. The van der Waals surface area contributed by atoms with Crippen molar-refractivity contribution in [1.82, 2.24) is 10.0 Å². The molecule has 4 atom stereocenters. The second-order valence-electron chi connectivity index (χ2n) is 12.1. The summed E-state index contributed by atoms with van der Waals surface area (Å²) in [6.07, 6.45) is -0.844. The van der Waals surface area contributed by atoms with E-state index in [-0.39, 0.29) is 41.5 Å². The van der Waals surface area contributed by atoms with Crippen molar-refractivity contribution in [3.05, 3.63) is 105 Å². The molecule has 1 heterocycles. The number of alkyl carbamates (subject to hydrolysis) is 1. The van der Waals surface area contributed by atoms with Crippen LogP contribution in [0.3, 0.4) is 0 Å². The maximum absolute atomic E-state index is 15.4. The van der Waals surface area contributed by atoms with Crippen LogP contribution in [-0.4, -0.2) is 70.1 Å². The van der Waals surface area contributed by atoms with Crippen LogP contribution in [0, 0.1) is 17.6 Å². The van der Waals surface area contributed by atoms with Gasteiger partial charge in [0.1, 0.15) is 24.3 Å². The Hall–Kier alpha value is -4.31. The van der Waals surface area contributed by atoms with Crippen molar-refractivity contribution >= 4 is 39.3 Å². The SMILES string of the molecule is C[C@H](O)CNC(=O)OC[C@H](CCc1c(F)cccc1NC(=O)[C@@H](N=[N+]=[N-])[C@@H](c1ccc(Cl)cc1)C1CCOCC1)NS(=O)(=O)c1ccc(F)cc1. The minimum Gasteiger partial charge on any atom is -0.448 e. The molecule has 0 aromatic heterocycles. The number of aliphatic hydroxyl groups excluding tert-OH is 1. The first kappa shape index (κ1) is 39.5. The molecule has 1 aliphatic rings. The number of azide groups is 1. The summed E-state index contributed by atoms with van der Waals surface area (Å²) < 4.78 is 68.4. The number of carbonyl (C=O) groups is 2. The molecule has 1 saturated heterocycles. The summed E-state index contributed by atoms with van der Waals surface area (Å²) in [6, 6.07) is 12.6. The van der Waals surface area contributed by atoms with Crippen molar-refractivity contribution in [2.45, 2.75) is 61.6 Å². The lowest BCUT2D eigenvalue weighted by Gasteiger charge is -2.34. The minimum absolute atomic E-state index is 0.0178. The van der Waals surface area contributed by atoms with E-state index in [1.165, 1.54) is 25.1 Å². The average molecular weight is 749 g/mol. The molecule has 0 saturated carbocycles. The second kappa shape index (κ2) is 18.8. The van der Waals surface area contributed by atoms with Gasteiger partial charge in [0.25, 0.3) is 0 Å². The molecule has 274 valence electrons. The molecule has 4 rings (SSSR count). The zero-order valence-electron chi connectivity index (χ0n) is 27.7. The van der Waals surface area contributed by atoms with Gasteiger partial charge in [-0.15, -0.1) is 0 Å². The van der Waals surface area contributed by atoms with Crippen LogP contribution in [0.25, 0.3) is 10.4 Å². The Bertz CT molecular complexity index is 1790. The molecule has 0 spiro atoms. The average Bonchev–Trinajstić information content (AvgIpc) is 3.10. The van der Waals surface area contributed by atoms with E-state index in [4.69, 9.17) is 21.1 Å². The zero-order chi connectivity index (χ0) is 37.0. The molecule has 0 aliphatic carbocycles. The summed E-state index contributed by atoms with van der Waals surface area (Å²) in [5, 5.41) is 18.9. The summed E-state index contributed by atoms with van der Waals surface area (Å²) in [4.78, 5) is 28.9. The molecule has 1 aliphatic heterocycles. The molecule has 51 heavy (non-hydrogen) atoms. The van der Waals surface area contributed by atoms with Crippen LogP contribution in [0.15, 0.2) is 76.7 Å². The van der Waals surface area contributed by atoms with E-state index in [1.807, 2.05) is 0 Å². The van der Waals surface area contributed by atoms with Gasteiger partial charge >= 0.3 is 6.09 Å². The van der Waals surface area contributed by atoms with Crippen molar-refractivity contribution in [2.75, 3.05) is 31.7 Å². The van der Waals surface area contributed by atoms with Gasteiger partial charge < -0.3 is 25.2 Å². The standard InChI is InChI=1S/C34H39ClF2N6O7S/c1-21(44)19-39-34(46)50-20-26(42-51(47,48)27-12-9-25(36)10-13-27)11-14-28-29(37)3-2-4-30(28)40-33(45)32(41-43-38)31(23-15-17-49-18-16-23)22-5-7-24(35)8-6-22/h2-10,12-13,21,23,26,31-32,42,44H,11,14-20H2,1H3,(H,39,46)(H,40,45)/t21-,26-,31-,32-/m0/s1. The lowest BCUT2D eigenvalue weighted by molar-refractivity contribution is -0.118. The van der Waals surface area contributed by atoms with E-state index < -0.39 is 64.4 Å². The third-order valence-electron chi connectivity index (χ3n) is 8.34. The van der Waals surface area contributed by atoms with Crippen LogP contribution in [-0.2, 0) is 30.7 Å². The van der Waals surface area contributed by atoms with Gasteiger partial charge in [0.2, 0.25) is 15.9 Å². The maximum Gasteiger partial charge on any atom is 0.407 e. The van der Waals surface area contributed by atoms with Crippen LogP contribution >= 0.6 is 11.6 Å². The number of ether oxygens (including phenoxy) is 2. The molecule has 1 fully saturated rings. The third kappa shape index (κ3) is 11.6. The van der Waals surface area contributed by atoms with Gasteiger partial charge in [0, 0.05) is 46.9 Å². The van der Waals surface area contributed by atoms with Crippen LogP contribution in [0.4, 0.5) is 19.3 Å². The van der Waals surface area contributed by atoms with Crippen LogP contribution < -0.4 is 15.4 Å². The lowest BCUT2D eigenvalue weighted by Crippen LogP contribution is -2.41. The van der Waals surface area contributed by atoms with Crippen LogP contribution in [0.5, 0.6) is 0 Å². The van der Waals surface area contributed by atoms with Crippen molar-refractivity contribution in [3.8, 4) is 0 Å². The fourth-order valence-corrected chi connectivity index (χ4v) is 7.19. The fraction of sp³-hybridized carbons (Fsp3) is 0.412. The number of rotatable bonds is 16. The van der Waals surface area contributed by atoms with Gasteiger partial charge in [0.05, 0.1) is 17.0 Å². The molecule has 0 unspecified atom stereocenters. The monoisotopic (exact) mass is 748 g/mol. The van der Waals surface area contributed by atoms with Gasteiger partial charge in [-0.1, -0.05) is 34.9 Å². The topological polar surface area (TPSA) is 192 Å². The van der Waals surface area contributed by atoms with Gasteiger partial charge in [-0.05, 0) is 98.2 Å². The van der Waals surface area contributed by atoms with Gasteiger partial charge in [-0.25, -0.2) is 26.7 Å². The molecule has 13 nitrogen and oxygen atoms in total. The predicted molar refractivity (Wildman–Crippen MR) is 186 cm³/mol. The Balaban J connectivity index is 1.58. The number of sulfonamides is 1. The molecular weight excluding hydrogens is 710 g/mol. The number of aliphatic hydroxyl groups is 1. The summed E-state index contributed by atoms with van der Waals surface area (Å²) in [5.41, 5.74) is 10.3.